The number of ether oxygens (including phenoxy) is 2. The van der Waals surface area contributed by atoms with Gasteiger partial charge in [-0.05, 0) is 30.9 Å². The third kappa shape index (κ3) is 3.58. The predicted molar refractivity (Wildman–Crippen MR) is 85.0 cm³/mol. The molecule has 1 aliphatic rings. The van der Waals surface area contributed by atoms with Crippen LogP contribution in [0, 0.1) is 17.3 Å². The maximum atomic E-state index is 12.5. The molecule has 120 valence electrons. The molecule has 0 saturated carbocycles. The van der Waals surface area contributed by atoms with Gasteiger partial charge >= 0.3 is 11.9 Å². The minimum absolute atomic E-state index is 0.269. The fourth-order valence-electron chi connectivity index (χ4n) is 2.26. The van der Waals surface area contributed by atoms with E-state index in [2.05, 4.69) is 5.73 Å². The van der Waals surface area contributed by atoms with Crippen LogP contribution in [0.2, 0.25) is 0 Å². The molecule has 0 N–H and O–H groups in total. The molecule has 0 aromatic heterocycles. The van der Waals surface area contributed by atoms with Crippen LogP contribution in [0.3, 0.4) is 0 Å². The lowest BCUT2D eigenvalue weighted by atomic mass is 9.72. The highest BCUT2D eigenvalue weighted by molar-refractivity contribution is 6.03. The molecule has 0 aromatic carbocycles. The maximum absolute atomic E-state index is 12.5. The van der Waals surface area contributed by atoms with Crippen LogP contribution in [-0.2, 0) is 19.1 Å². The molecule has 0 heterocycles. The zero-order valence-corrected chi connectivity index (χ0v) is 13.9. The van der Waals surface area contributed by atoms with Gasteiger partial charge in [-0.3, -0.25) is 9.59 Å². The van der Waals surface area contributed by atoms with Crippen LogP contribution in [-0.4, -0.2) is 26.2 Å². The Labute approximate surface area is 132 Å². The van der Waals surface area contributed by atoms with Crippen molar-refractivity contribution in [3.8, 4) is 0 Å². The van der Waals surface area contributed by atoms with Gasteiger partial charge < -0.3 is 9.47 Å². The quantitative estimate of drug-likeness (QED) is 0.444. The fourth-order valence-corrected chi connectivity index (χ4v) is 2.26. The Bertz CT molecular complexity index is 529. The molecule has 0 aliphatic heterocycles. The van der Waals surface area contributed by atoms with E-state index in [1.54, 1.807) is 0 Å². The number of hydrogen-bond acceptors (Lipinski definition) is 4. The smallest absolute Gasteiger partial charge is 0.328 e. The third-order valence-corrected chi connectivity index (χ3v) is 4.01. The highest BCUT2D eigenvalue weighted by Gasteiger charge is 2.51. The molecule has 1 aliphatic carbocycles. The van der Waals surface area contributed by atoms with Gasteiger partial charge in [0, 0.05) is 5.92 Å². The van der Waals surface area contributed by atoms with E-state index in [0.717, 1.165) is 5.57 Å². The number of carbonyl (C=O) groups is 2. The number of hydrogen-bond donors (Lipinski definition) is 0. The molecular formula is C18H24O4. The Hall–Kier alpha value is -2.06. The van der Waals surface area contributed by atoms with Gasteiger partial charge in [0.05, 0.1) is 14.2 Å². The van der Waals surface area contributed by atoms with Crippen molar-refractivity contribution >= 4 is 11.9 Å². The Morgan fingerprint density at radius 3 is 2.23 bits per heavy atom. The van der Waals surface area contributed by atoms with Gasteiger partial charge in [-0.1, -0.05) is 38.2 Å². The van der Waals surface area contributed by atoms with Gasteiger partial charge in [0.15, 0.2) is 5.41 Å². The molecule has 0 saturated heterocycles. The second-order valence-electron chi connectivity index (χ2n) is 5.63. The molecule has 4 nitrogen and oxygen atoms in total. The van der Waals surface area contributed by atoms with Crippen LogP contribution in [0.4, 0.5) is 0 Å². The first kappa shape index (κ1) is 18.0. The van der Waals surface area contributed by atoms with E-state index in [1.807, 2.05) is 45.1 Å². The average Bonchev–Trinajstić information content (AvgIpc) is 2.55. The summed E-state index contributed by atoms with van der Waals surface area (Å²) in [5.41, 5.74) is 2.52. The van der Waals surface area contributed by atoms with E-state index in [1.165, 1.54) is 20.3 Å². The van der Waals surface area contributed by atoms with Gasteiger partial charge in [0.1, 0.15) is 0 Å². The van der Waals surface area contributed by atoms with Crippen molar-refractivity contribution in [2.24, 2.45) is 17.3 Å². The standard InChI is InChI=1S/C18H24O4/c1-13(2)14(3)11-12-18(16(19)21-4,17(20)22-5)15-9-7-6-8-10-15/h6-9,12-13,15H,10H2,1-5H3. The molecule has 0 amide bonds. The second kappa shape index (κ2) is 7.81. The predicted octanol–water partition coefficient (Wildman–Crippen LogP) is 3.21. The summed E-state index contributed by atoms with van der Waals surface area (Å²) < 4.78 is 9.81. The first-order valence-corrected chi connectivity index (χ1v) is 7.34. The maximum Gasteiger partial charge on any atom is 0.328 e. The van der Waals surface area contributed by atoms with Crippen LogP contribution in [0.5, 0.6) is 0 Å². The molecule has 1 atom stereocenters. The Morgan fingerprint density at radius 1 is 1.23 bits per heavy atom. The van der Waals surface area contributed by atoms with Gasteiger partial charge in [0.25, 0.3) is 0 Å². The molecule has 0 bridgehead atoms. The second-order valence-corrected chi connectivity index (χ2v) is 5.63. The Balaban J connectivity index is 3.49. The van der Waals surface area contributed by atoms with Crippen LogP contribution < -0.4 is 0 Å². The van der Waals surface area contributed by atoms with Crippen LogP contribution in [0.15, 0.2) is 41.7 Å². The molecule has 0 spiro atoms. The zero-order valence-electron chi connectivity index (χ0n) is 13.9. The van der Waals surface area contributed by atoms with Crippen molar-refractivity contribution < 1.29 is 19.1 Å². The minimum atomic E-state index is -1.51. The number of allylic oxidation sites excluding steroid dienone is 4. The Morgan fingerprint density at radius 2 is 1.82 bits per heavy atom. The van der Waals surface area contributed by atoms with Crippen molar-refractivity contribution in [2.45, 2.75) is 27.2 Å². The Kier molecular flexibility index (Phi) is 6.39. The molecule has 1 unspecified atom stereocenters. The summed E-state index contributed by atoms with van der Waals surface area (Å²) >= 11 is 0. The highest BCUT2D eigenvalue weighted by atomic mass is 16.5. The van der Waals surface area contributed by atoms with Crippen molar-refractivity contribution in [3.63, 3.8) is 0 Å². The number of carbonyl (C=O) groups excluding carboxylic acids is 2. The van der Waals surface area contributed by atoms with E-state index in [0.29, 0.717) is 6.42 Å². The van der Waals surface area contributed by atoms with Crippen molar-refractivity contribution in [1.29, 1.82) is 0 Å². The van der Waals surface area contributed by atoms with Gasteiger partial charge in [-0.15, -0.1) is 5.73 Å². The van der Waals surface area contributed by atoms with Gasteiger partial charge in [-0.25, -0.2) is 0 Å². The fraction of sp³-hybridized carbons (Fsp3) is 0.500. The van der Waals surface area contributed by atoms with Crippen molar-refractivity contribution in [2.75, 3.05) is 14.2 Å². The third-order valence-electron chi connectivity index (χ3n) is 4.01. The monoisotopic (exact) mass is 304 g/mol. The molecule has 0 radical (unpaired) electrons. The first-order valence-electron chi connectivity index (χ1n) is 7.34. The van der Waals surface area contributed by atoms with E-state index in [4.69, 9.17) is 9.47 Å². The van der Waals surface area contributed by atoms with Crippen molar-refractivity contribution in [1.82, 2.24) is 0 Å². The lowest BCUT2D eigenvalue weighted by molar-refractivity contribution is -0.167. The molecule has 1 rings (SSSR count). The molecule has 22 heavy (non-hydrogen) atoms. The summed E-state index contributed by atoms with van der Waals surface area (Å²) in [7, 11) is 2.55. The highest BCUT2D eigenvalue weighted by Crippen LogP contribution is 2.38. The lowest BCUT2D eigenvalue weighted by Crippen LogP contribution is -2.45. The topological polar surface area (TPSA) is 52.6 Å². The van der Waals surface area contributed by atoms with Crippen LogP contribution in [0.1, 0.15) is 27.2 Å². The summed E-state index contributed by atoms with van der Waals surface area (Å²) in [5.74, 6) is -1.35. The van der Waals surface area contributed by atoms with Crippen LogP contribution >= 0.6 is 0 Å². The summed E-state index contributed by atoms with van der Waals surface area (Å²) in [4.78, 5) is 24.9. The van der Waals surface area contributed by atoms with Crippen LogP contribution in [0.25, 0.3) is 0 Å². The van der Waals surface area contributed by atoms with Gasteiger partial charge in [0.2, 0.25) is 0 Å². The summed E-state index contributed by atoms with van der Waals surface area (Å²) in [6.45, 7) is 5.96. The zero-order chi connectivity index (χ0) is 16.8. The first-order chi connectivity index (χ1) is 10.4. The summed E-state index contributed by atoms with van der Waals surface area (Å²) in [6.07, 6.45) is 9.51. The SMILES string of the molecule is COC(=O)C(C=C=C(C)C(C)C)(C(=O)OC)C1C=CC=CC1. The van der Waals surface area contributed by atoms with E-state index in [-0.39, 0.29) is 11.8 Å². The number of methoxy groups -OCH3 is 2. The molecular weight excluding hydrogens is 280 g/mol. The number of esters is 2. The van der Waals surface area contributed by atoms with Crippen molar-refractivity contribution in [3.05, 3.63) is 41.7 Å². The normalized spacial score (nSPS) is 16.9. The van der Waals surface area contributed by atoms with E-state index < -0.39 is 17.4 Å². The molecule has 4 heteroatoms. The van der Waals surface area contributed by atoms with Gasteiger partial charge in [-0.2, -0.15) is 0 Å². The largest absolute Gasteiger partial charge is 0.468 e. The van der Waals surface area contributed by atoms with E-state index in [9.17, 15) is 9.59 Å². The summed E-state index contributed by atoms with van der Waals surface area (Å²) in [5, 5.41) is 0. The average molecular weight is 304 g/mol. The lowest BCUT2D eigenvalue weighted by Gasteiger charge is -2.31. The minimum Gasteiger partial charge on any atom is -0.468 e. The molecule has 0 fully saturated rings. The molecule has 0 aromatic rings. The number of rotatable bonds is 5. The van der Waals surface area contributed by atoms with E-state index >= 15 is 0 Å². The summed E-state index contributed by atoms with van der Waals surface area (Å²) in [6, 6.07) is 0.